The van der Waals surface area contributed by atoms with Gasteiger partial charge in [0.25, 0.3) is 5.91 Å². The van der Waals surface area contributed by atoms with Crippen molar-refractivity contribution in [3.8, 4) is 16.9 Å². The van der Waals surface area contributed by atoms with Gasteiger partial charge in [0.15, 0.2) is 6.10 Å². The predicted octanol–water partition coefficient (Wildman–Crippen LogP) is 4.13. The summed E-state index contributed by atoms with van der Waals surface area (Å²) in [5.74, 6) is -0.125. The minimum absolute atomic E-state index is 0.202. The maximum absolute atomic E-state index is 12.4. The molecule has 0 spiro atoms. The van der Waals surface area contributed by atoms with Crippen molar-refractivity contribution < 1.29 is 19.1 Å². The number of carbonyl (C=O) groups is 2. The summed E-state index contributed by atoms with van der Waals surface area (Å²) in [6, 6.07) is 22.5. The van der Waals surface area contributed by atoms with E-state index >= 15 is 0 Å². The Morgan fingerprint density at radius 3 is 2.03 bits per heavy atom. The van der Waals surface area contributed by atoms with Crippen LogP contribution in [0.15, 0.2) is 72.8 Å². The minimum atomic E-state index is -0.485. The van der Waals surface area contributed by atoms with E-state index in [2.05, 4.69) is 5.32 Å². The molecule has 0 fully saturated rings. The van der Waals surface area contributed by atoms with Crippen molar-refractivity contribution in [2.75, 3.05) is 13.2 Å². The molecule has 1 amide bonds. The van der Waals surface area contributed by atoms with Gasteiger partial charge < -0.3 is 14.8 Å². The molecule has 1 N–H and O–H groups in total. The van der Waals surface area contributed by atoms with Crippen LogP contribution < -0.4 is 10.1 Å². The molecule has 146 valence electrons. The third-order valence-corrected chi connectivity index (χ3v) is 4.85. The number of hydrogen-bond donors (Lipinski definition) is 1. The number of fused-ring (bicyclic) bond motifs is 3. The van der Waals surface area contributed by atoms with Crippen molar-refractivity contribution in [2.45, 2.75) is 13.0 Å². The largest absolute Gasteiger partial charge is 0.494 e. The van der Waals surface area contributed by atoms with E-state index in [1.54, 1.807) is 24.3 Å². The molecule has 0 atom stereocenters. The highest BCUT2D eigenvalue weighted by molar-refractivity contribution is 5.96. The van der Waals surface area contributed by atoms with Gasteiger partial charge in [0, 0.05) is 16.7 Å². The zero-order valence-electron chi connectivity index (χ0n) is 16.1. The second-order valence-corrected chi connectivity index (χ2v) is 6.68. The molecule has 0 radical (unpaired) electrons. The summed E-state index contributed by atoms with van der Waals surface area (Å²) in [6.07, 6.45) is -0.461. The Labute approximate surface area is 169 Å². The van der Waals surface area contributed by atoms with Gasteiger partial charge in [0.1, 0.15) is 12.3 Å². The predicted molar refractivity (Wildman–Crippen MR) is 110 cm³/mol. The van der Waals surface area contributed by atoms with Gasteiger partial charge in [-0.25, -0.2) is 0 Å². The van der Waals surface area contributed by atoms with Gasteiger partial charge in [-0.1, -0.05) is 48.5 Å². The first-order valence-electron chi connectivity index (χ1n) is 9.56. The van der Waals surface area contributed by atoms with Crippen LogP contribution >= 0.6 is 0 Å². The van der Waals surface area contributed by atoms with Crippen molar-refractivity contribution in [2.24, 2.45) is 0 Å². The molecule has 3 aromatic carbocycles. The smallest absolute Gasteiger partial charge is 0.326 e. The number of benzene rings is 3. The maximum Gasteiger partial charge on any atom is 0.326 e. The average molecular weight is 387 g/mol. The summed E-state index contributed by atoms with van der Waals surface area (Å²) in [5, 5.41) is 2.62. The second-order valence-electron chi connectivity index (χ2n) is 6.68. The number of hydrogen-bond acceptors (Lipinski definition) is 4. The summed E-state index contributed by atoms with van der Waals surface area (Å²) in [7, 11) is 0. The SMILES string of the molecule is CCOc1ccc(C(=O)NCC(=O)OC2c3ccccc3-c3ccccc32)cc1. The van der Waals surface area contributed by atoms with Crippen LogP contribution in [0.25, 0.3) is 11.1 Å². The quantitative estimate of drug-likeness (QED) is 0.646. The summed E-state index contributed by atoms with van der Waals surface area (Å²) in [5.41, 5.74) is 4.51. The molecule has 0 saturated heterocycles. The van der Waals surface area contributed by atoms with Crippen LogP contribution in [-0.4, -0.2) is 25.0 Å². The Morgan fingerprint density at radius 1 is 0.862 bits per heavy atom. The number of esters is 1. The van der Waals surface area contributed by atoms with Crippen molar-refractivity contribution >= 4 is 11.9 Å². The maximum atomic E-state index is 12.4. The van der Waals surface area contributed by atoms with Crippen molar-refractivity contribution in [1.82, 2.24) is 5.32 Å². The summed E-state index contributed by atoms with van der Waals surface area (Å²) >= 11 is 0. The van der Waals surface area contributed by atoms with Crippen LogP contribution in [-0.2, 0) is 9.53 Å². The number of ether oxygens (including phenoxy) is 2. The molecule has 1 aliphatic rings. The molecule has 0 heterocycles. The zero-order valence-corrected chi connectivity index (χ0v) is 16.1. The monoisotopic (exact) mass is 387 g/mol. The van der Waals surface area contributed by atoms with Gasteiger partial charge >= 0.3 is 5.97 Å². The van der Waals surface area contributed by atoms with E-state index in [1.807, 2.05) is 55.5 Å². The third kappa shape index (κ3) is 3.85. The van der Waals surface area contributed by atoms with Crippen LogP contribution in [0.4, 0.5) is 0 Å². The van der Waals surface area contributed by atoms with Gasteiger partial charge in [-0.2, -0.15) is 0 Å². The molecule has 0 aliphatic heterocycles. The molecule has 0 saturated carbocycles. The van der Waals surface area contributed by atoms with Crippen molar-refractivity contribution in [3.05, 3.63) is 89.5 Å². The third-order valence-electron chi connectivity index (χ3n) is 4.85. The lowest BCUT2D eigenvalue weighted by Gasteiger charge is -2.15. The average Bonchev–Trinajstić information content (AvgIpc) is 3.07. The van der Waals surface area contributed by atoms with Crippen LogP contribution in [0.2, 0.25) is 0 Å². The highest BCUT2D eigenvalue weighted by Gasteiger charge is 2.30. The van der Waals surface area contributed by atoms with E-state index in [0.29, 0.717) is 17.9 Å². The summed E-state index contributed by atoms with van der Waals surface area (Å²) in [6.45, 7) is 2.26. The topological polar surface area (TPSA) is 64.6 Å². The van der Waals surface area contributed by atoms with E-state index in [4.69, 9.17) is 9.47 Å². The highest BCUT2D eigenvalue weighted by Crippen LogP contribution is 2.44. The van der Waals surface area contributed by atoms with Crippen LogP contribution in [0, 0.1) is 0 Å². The molecule has 5 nitrogen and oxygen atoms in total. The van der Waals surface area contributed by atoms with Crippen molar-refractivity contribution in [3.63, 3.8) is 0 Å². The van der Waals surface area contributed by atoms with Gasteiger partial charge in [-0.15, -0.1) is 0 Å². The molecule has 0 unspecified atom stereocenters. The Kier molecular flexibility index (Phi) is 5.29. The minimum Gasteiger partial charge on any atom is -0.494 e. The molecule has 0 bridgehead atoms. The molecule has 3 aromatic rings. The Morgan fingerprint density at radius 2 is 1.45 bits per heavy atom. The molecular weight excluding hydrogens is 366 g/mol. The standard InChI is InChI=1S/C24H21NO4/c1-2-28-17-13-11-16(12-14-17)24(27)25-15-22(26)29-23-20-9-5-3-7-18(20)19-8-4-6-10-21(19)23/h3-14,23H,2,15H2,1H3,(H,25,27). The van der Waals surface area contributed by atoms with E-state index in [-0.39, 0.29) is 12.5 Å². The van der Waals surface area contributed by atoms with Crippen LogP contribution in [0.1, 0.15) is 34.5 Å². The fourth-order valence-electron chi connectivity index (χ4n) is 3.53. The zero-order chi connectivity index (χ0) is 20.2. The highest BCUT2D eigenvalue weighted by atomic mass is 16.5. The first-order valence-corrected chi connectivity index (χ1v) is 9.56. The molecule has 4 rings (SSSR count). The number of nitrogens with one attached hydrogen (secondary N) is 1. The Hall–Kier alpha value is -3.60. The molecular formula is C24H21NO4. The molecule has 5 heteroatoms. The lowest BCUT2D eigenvalue weighted by Crippen LogP contribution is -2.31. The molecule has 0 aromatic heterocycles. The molecule has 1 aliphatic carbocycles. The number of rotatable bonds is 6. The summed E-state index contributed by atoms with van der Waals surface area (Å²) in [4.78, 5) is 24.7. The van der Waals surface area contributed by atoms with E-state index < -0.39 is 12.1 Å². The summed E-state index contributed by atoms with van der Waals surface area (Å²) < 4.78 is 11.1. The van der Waals surface area contributed by atoms with Gasteiger partial charge in [0.05, 0.1) is 6.61 Å². The van der Waals surface area contributed by atoms with E-state index in [0.717, 1.165) is 22.3 Å². The van der Waals surface area contributed by atoms with Gasteiger partial charge in [0.2, 0.25) is 0 Å². The van der Waals surface area contributed by atoms with Crippen molar-refractivity contribution in [1.29, 1.82) is 0 Å². The Balaban J connectivity index is 1.41. The lowest BCUT2D eigenvalue weighted by molar-refractivity contribution is -0.146. The Bertz CT molecular complexity index is 997. The molecule has 29 heavy (non-hydrogen) atoms. The van der Waals surface area contributed by atoms with E-state index in [9.17, 15) is 9.59 Å². The van der Waals surface area contributed by atoms with Gasteiger partial charge in [-0.3, -0.25) is 9.59 Å². The lowest BCUT2D eigenvalue weighted by atomic mass is 10.1. The fourth-order valence-corrected chi connectivity index (χ4v) is 3.53. The normalized spacial score (nSPS) is 12.0. The van der Waals surface area contributed by atoms with Crippen LogP contribution in [0.5, 0.6) is 5.75 Å². The fraction of sp³-hybridized carbons (Fsp3) is 0.167. The first-order chi connectivity index (χ1) is 14.2. The van der Waals surface area contributed by atoms with E-state index in [1.165, 1.54) is 0 Å². The first kappa shape index (κ1) is 18.7. The number of amides is 1. The van der Waals surface area contributed by atoms with Gasteiger partial charge in [-0.05, 0) is 42.3 Å². The second kappa shape index (κ2) is 8.19. The number of carbonyl (C=O) groups excluding carboxylic acids is 2. The van der Waals surface area contributed by atoms with Crippen LogP contribution in [0.3, 0.4) is 0 Å².